The van der Waals surface area contributed by atoms with Gasteiger partial charge in [0.2, 0.25) is 5.91 Å². The quantitative estimate of drug-likeness (QED) is 0.798. The highest BCUT2D eigenvalue weighted by Crippen LogP contribution is 2.26. The predicted octanol–water partition coefficient (Wildman–Crippen LogP) is 2.60. The number of hydrogen-bond acceptors (Lipinski definition) is 5. The van der Waals surface area contributed by atoms with E-state index < -0.39 is 5.97 Å². The molecule has 0 unspecified atom stereocenters. The molecule has 0 atom stereocenters. The van der Waals surface area contributed by atoms with Crippen molar-refractivity contribution < 1.29 is 19.4 Å². The van der Waals surface area contributed by atoms with Crippen LogP contribution in [0.5, 0.6) is 0 Å². The van der Waals surface area contributed by atoms with Gasteiger partial charge in [-0.05, 0) is 42.8 Å². The lowest BCUT2D eigenvalue weighted by Crippen LogP contribution is -2.46. The minimum absolute atomic E-state index is 0.0723. The molecule has 2 N–H and O–H groups in total. The van der Waals surface area contributed by atoms with Crippen LogP contribution >= 0.6 is 0 Å². The van der Waals surface area contributed by atoms with Crippen LogP contribution in [0.4, 0.5) is 17.1 Å². The van der Waals surface area contributed by atoms with Gasteiger partial charge in [-0.1, -0.05) is 12.1 Å². The number of ether oxygens (including phenoxy) is 1. The fraction of sp³-hybridized carbons (Fsp3) is 0.333. The van der Waals surface area contributed by atoms with Gasteiger partial charge in [-0.2, -0.15) is 0 Å². The number of aryl methyl sites for hydroxylation is 1. The van der Waals surface area contributed by atoms with E-state index >= 15 is 0 Å². The van der Waals surface area contributed by atoms with E-state index in [-0.39, 0.29) is 23.8 Å². The van der Waals surface area contributed by atoms with Crippen LogP contribution in [-0.2, 0) is 9.53 Å². The maximum absolute atomic E-state index is 11.7. The third-order valence-corrected chi connectivity index (χ3v) is 4.79. The van der Waals surface area contributed by atoms with Gasteiger partial charge in [0.1, 0.15) is 6.61 Å². The summed E-state index contributed by atoms with van der Waals surface area (Å²) in [5.41, 5.74) is 3.63. The van der Waals surface area contributed by atoms with Crippen LogP contribution in [0.3, 0.4) is 0 Å². The van der Waals surface area contributed by atoms with Crippen LogP contribution in [0, 0.1) is 6.92 Å². The lowest BCUT2D eigenvalue weighted by molar-refractivity contribution is -0.119. The molecule has 148 valence electrons. The highest BCUT2D eigenvalue weighted by Gasteiger charge is 2.20. The lowest BCUT2D eigenvalue weighted by atomic mass is 10.1. The van der Waals surface area contributed by atoms with E-state index in [9.17, 15) is 14.7 Å². The van der Waals surface area contributed by atoms with Crippen LogP contribution in [0.25, 0.3) is 0 Å². The Morgan fingerprint density at radius 3 is 2.25 bits per heavy atom. The van der Waals surface area contributed by atoms with Gasteiger partial charge in [-0.15, -0.1) is 0 Å². The van der Waals surface area contributed by atoms with Gasteiger partial charge < -0.3 is 25.0 Å². The number of carboxylic acids is 1. The molecule has 0 saturated carbocycles. The zero-order chi connectivity index (χ0) is 20.1. The Hall–Kier alpha value is -3.06. The van der Waals surface area contributed by atoms with Crippen molar-refractivity contribution in [3.8, 4) is 0 Å². The van der Waals surface area contributed by atoms with Gasteiger partial charge >= 0.3 is 5.97 Å². The fourth-order valence-electron chi connectivity index (χ4n) is 3.38. The number of aromatic carboxylic acids is 1. The van der Waals surface area contributed by atoms with E-state index in [1.54, 1.807) is 12.1 Å². The minimum atomic E-state index is -1.08. The third-order valence-electron chi connectivity index (χ3n) is 4.79. The van der Waals surface area contributed by atoms with Gasteiger partial charge in [0, 0.05) is 44.7 Å². The summed E-state index contributed by atoms with van der Waals surface area (Å²) >= 11 is 0. The normalized spacial score (nSPS) is 14.1. The van der Waals surface area contributed by atoms with Crippen molar-refractivity contribution in [1.82, 2.24) is 0 Å². The molecule has 28 heavy (non-hydrogen) atoms. The molecule has 1 amide bonds. The zero-order valence-electron chi connectivity index (χ0n) is 16.1. The second-order valence-corrected chi connectivity index (χ2v) is 6.83. The highest BCUT2D eigenvalue weighted by molar-refractivity contribution is 6.01. The molecule has 0 spiro atoms. The molecular formula is C21H25N3O4. The van der Waals surface area contributed by atoms with E-state index in [0.29, 0.717) is 0 Å². The molecule has 7 heteroatoms. The number of benzene rings is 2. The minimum Gasteiger partial charge on any atom is -0.478 e. The fourth-order valence-corrected chi connectivity index (χ4v) is 3.38. The van der Waals surface area contributed by atoms with E-state index in [4.69, 9.17) is 4.74 Å². The highest BCUT2D eigenvalue weighted by atomic mass is 16.5. The van der Waals surface area contributed by atoms with Crippen molar-refractivity contribution in [2.24, 2.45) is 0 Å². The van der Waals surface area contributed by atoms with Crippen molar-refractivity contribution in [3.05, 3.63) is 53.6 Å². The first-order valence-electron chi connectivity index (χ1n) is 9.20. The first-order valence-corrected chi connectivity index (χ1v) is 9.20. The number of nitrogens with one attached hydrogen (secondary N) is 1. The van der Waals surface area contributed by atoms with E-state index in [1.165, 1.54) is 18.4 Å². The number of carboxylic acid groups (broad SMARTS) is 1. The molecular weight excluding hydrogens is 358 g/mol. The molecule has 0 bridgehead atoms. The maximum atomic E-state index is 11.7. The van der Waals surface area contributed by atoms with E-state index in [0.717, 1.165) is 31.9 Å². The number of anilines is 3. The van der Waals surface area contributed by atoms with Crippen LogP contribution in [-0.4, -0.2) is 56.9 Å². The molecule has 1 aliphatic heterocycles. The Bertz CT molecular complexity index is 860. The Morgan fingerprint density at radius 1 is 1.04 bits per heavy atom. The molecule has 1 fully saturated rings. The number of carbonyl (C=O) groups excluding carboxylic acids is 1. The molecule has 2 aromatic carbocycles. The average molecular weight is 383 g/mol. The van der Waals surface area contributed by atoms with Gasteiger partial charge in [0.25, 0.3) is 0 Å². The van der Waals surface area contributed by atoms with E-state index in [2.05, 4.69) is 46.3 Å². The zero-order valence-corrected chi connectivity index (χ0v) is 16.1. The number of carbonyl (C=O) groups is 2. The first kappa shape index (κ1) is 19.7. The summed E-state index contributed by atoms with van der Waals surface area (Å²) in [7, 11) is 1.41. The second-order valence-electron chi connectivity index (χ2n) is 6.83. The molecule has 2 aromatic rings. The Balaban J connectivity index is 1.71. The molecule has 1 saturated heterocycles. The largest absolute Gasteiger partial charge is 0.478 e. The summed E-state index contributed by atoms with van der Waals surface area (Å²) in [6.07, 6.45) is 0. The number of hydrogen-bond donors (Lipinski definition) is 2. The summed E-state index contributed by atoms with van der Waals surface area (Å²) in [6, 6.07) is 13.5. The van der Waals surface area contributed by atoms with Crippen LogP contribution in [0.15, 0.2) is 42.5 Å². The Kier molecular flexibility index (Phi) is 6.16. The van der Waals surface area contributed by atoms with E-state index in [1.807, 2.05) is 6.07 Å². The van der Waals surface area contributed by atoms with Crippen LogP contribution in [0.1, 0.15) is 15.9 Å². The molecule has 3 rings (SSSR count). The second kappa shape index (κ2) is 8.75. The summed E-state index contributed by atoms with van der Waals surface area (Å²) in [6.45, 7) is 5.27. The van der Waals surface area contributed by atoms with Crippen LogP contribution < -0.4 is 15.1 Å². The lowest BCUT2D eigenvalue weighted by Gasteiger charge is -2.37. The predicted molar refractivity (Wildman–Crippen MR) is 110 cm³/mol. The molecule has 1 aliphatic rings. The number of piperazine rings is 1. The molecule has 0 aliphatic carbocycles. The maximum Gasteiger partial charge on any atom is 0.337 e. The van der Waals surface area contributed by atoms with Crippen molar-refractivity contribution in [2.75, 3.05) is 55.0 Å². The summed E-state index contributed by atoms with van der Waals surface area (Å²) < 4.78 is 4.78. The van der Waals surface area contributed by atoms with Gasteiger partial charge in [-0.3, -0.25) is 4.79 Å². The van der Waals surface area contributed by atoms with Crippen molar-refractivity contribution >= 4 is 28.9 Å². The summed E-state index contributed by atoms with van der Waals surface area (Å²) in [5, 5.41) is 12.1. The van der Waals surface area contributed by atoms with Crippen LogP contribution in [0.2, 0.25) is 0 Å². The smallest absolute Gasteiger partial charge is 0.337 e. The van der Waals surface area contributed by atoms with Gasteiger partial charge in [0.15, 0.2) is 0 Å². The Morgan fingerprint density at radius 2 is 1.68 bits per heavy atom. The third kappa shape index (κ3) is 4.61. The standard InChI is InChI=1S/C21H25N3O4/c1-15-4-3-5-16(12-15)23-8-10-24(11-9-23)17-6-7-19(18(13-17)21(26)27)22-20(25)14-28-2/h3-7,12-13H,8-11,14H2,1-2H3,(H,22,25)(H,26,27). The SMILES string of the molecule is COCC(=O)Nc1ccc(N2CCN(c3cccc(C)c3)CC2)cc1C(=O)O. The monoisotopic (exact) mass is 383 g/mol. The molecule has 7 nitrogen and oxygen atoms in total. The van der Waals surface area contributed by atoms with Gasteiger partial charge in [-0.25, -0.2) is 4.79 Å². The summed E-state index contributed by atoms with van der Waals surface area (Å²) in [5.74, 6) is -1.46. The van der Waals surface area contributed by atoms with Crippen molar-refractivity contribution in [1.29, 1.82) is 0 Å². The number of amides is 1. The number of nitrogens with zero attached hydrogens (tertiary/aromatic N) is 2. The molecule has 1 heterocycles. The Labute approximate surface area is 164 Å². The number of rotatable bonds is 6. The first-order chi connectivity index (χ1) is 13.5. The van der Waals surface area contributed by atoms with Crippen molar-refractivity contribution in [2.45, 2.75) is 6.92 Å². The molecule has 0 aromatic heterocycles. The molecule has 0 radical (unpaired) electrons. The van der Waals surface area contributed by atoms with Crippen molar-refractivity contribution in [3.63, 3.8) is 0 Å². The number of methoxy groups -OCH3 is 1. The van der Waals surface area contributed by atoms with Gasteiger partial charge in [0.05, 0.1) is 11.3 Å². The summed E-state index contributed by atoms with van der Waals surface area (Å²) in [4.78, 5) is 27.9. The average Bonchev–Trinajstić information content (AvgIpc) is 2.68. The topological polar surface area (TPSA) is 82.1 Å².